The van der Waals surface area contributed by atoms with Crippen molar-refractivity contribution in [2.75, 3.05) is 19.2 Å². The van der Waals surface area contributed by atoms with Gasteiger partial charge in [-0.15, -0.1) is 0 Å². The number of ether oxygens (including phenoxy) is 2. The number of methoxy groups -OCH3 is 2. The van der Waals surface area contributed by atoms with Gasteiger partial charge in [0, 0.05) is 10.9 Å². The van der Waals surface area contributed by atoms with E-state index in [0.717, 1.165) is 5.01 Å². The van der Waals surface area contributed by atoms with Crippen LogP contribution in [0.25, 0.3) is 22.2 Å². The summed E-state index contributed by atoms with van der Waals surface area (Å²) in [6.07, 6.45) is -0.773. The van der Waals surface area contributed by atoms with Gasteiger partial charge in [-0.05, 0) is 42.5 Å². The van der Waals surface area contributed by atoms with E-state index in [1.54, 1.807) is 66.7 Å². The van der Waals surface area contributed by atoms with Crippen molar-refractivity contribution in [3.05, 3.63) is 90.2 Å². The van der Waals surface area contributed by atoms with Gasteiger partial charge in [-0.25, -0.2) is 14.2 Å². The quantitative estimate of drug-likeness (QED) is 0.449. The van der Waals surface area contributed by atoms with Crippen LogP contribution in [0.4, 0.5) is 14.9 Å². The number of hydrogen-bond acceptors (Lipinski definition) is 5. The van der Waals surface area contributed by atoms with Crippen molar-refractivity contribution in [2.45, 2.75) is 0 Å². The second kappa shape index (κ2) is 9.35. The number of amides is 2. The van der Waals surface area contributed by atoms with Gasteiger partial charge >= 0.3 is 6.09 Å². The van der Waals surface area contributed by atoms with E-state index < -0.39 is 17.8 Å². The van der Waals surface area contributed by atoms with Gasteiger partial charge < -0.3 is 9.47 Å². The summed E-state index contributed by atoms with van der Waals surface area (Å²) < 4.78 is 24.0. The van der Waals surface area contributed by atoms with E-state index >= 15 is 0 Å². The molecule has 0 aliphatic rings. The van der Waals surface area contributed by atoms with Crippen molar-refractivity contribution in [1.29, 1.82) is 0 Å². The number of fused-ring (bicyclic) bond motifs is 1. The molecule has 0 aliphatic heterocycles. The average molecular weight is 445 g/mol. The Labute approximate surface area is 189 Å². The summed E-state index contributed by atoms with van der Waals surface area (Å²) in [6.45, 7) is 0. The van der Waals surface area contributed by atoms with Crippen LogP contribution in [0.2, 0.25) is 0 Å². The number of aromatic nitrogens is 1. The van der Waals surface area contributed by atoms with E-state index in [1.165, 1.54) is 26.4 Å². The Kier molecular flexibility index (Phi) is 6.17. The van der Waals surface area contributed by atoms with E-state index in [0.29, 0.717) is 27.8 Å². The number of pyridine rings is 1. The van der Waals surface area contributed by atoms with E-state index in [2.05, 4.69) is 10.4 Å². The summed E-state index contributed by atoms with van der Waals surface area (Å²) in [4.78, 5) is 30.6. The maximum atomic E-state index is 13.6. The number of rotatable bonds is 4. The minimum absolute atomic E-state index is 0.173. The Balaban J connectivity index is 1.87. The van der Waals surface area contributed by atoms with Crippen molar-refractivity contribution in [3.63, 3.8) is 0 Å². The highest BCUT2D eigenvalue weighted by molar-refractivity contribution is 6.12. The Morgan fingerprint density at radius 3 is 2.24 bits per heavy atom. The molecule has 8 heteroatoms. The van der Waals surface area contributed by atoms with E-state index in [4.69, 9.17) is 9.47 Å². The molecule has 7 nitrogen and oxygen atoms in total. The van der Waals surface area contributed by atoms with Crippen molar-refractivity contribution in [1.82, 2.24) is 10.4 Å². The Morgan fingerprint density at radius 2 is 1.58 bits per heavy atom. The second-order valence-electron chi connectivity index (χ2n) is 6.97. The topological polar surface area (TPSA) is 80.8 Å². The SMILES string of the molecule is COC(=O)N(NC(=O)c1c(OC)c(-c2ccc(F)cc2)nc2ccccc12)c1ccccc1. The summed E-state index contributed by atoms with van der Waals surface area (Å²) >= 11 is 0. The molecule has 0 bridgehead atoms. The zero-order valence-electron chi connectivity index (χ0n) is 17.9. The fraction of sp³-hybridized carbons (Fsp3) is 0.0800. The standard InChI is InChI=1S/C25H20FN3O4/c1-32-23-21(24(30)28-29(25(31)33-2)18-8-4-3-5-9-18)19-10-6-7-11-20(19)27-22(23)16-12-14-17(26)15-13-16/h3-15H,1-2H3,(H,28,30). The second-order valence-corrected chi connectivity index (χ2v) is 6.97. The van der Waals surface area contributed by atoms with Crippen molar-refractivity contribution >= 4 is 28.6 Å². The van der Waals surface area contributed by atoms with Crippen LogP contribution in [0, 0.1) is 5.82 Å². The number of hydrazine groups is 1. The zero-order chi connectivity index (χ0) is 23.4. The van der Waals surface area contributed by atoms with Gasteiger partial charge in [0.05, 0.1) is 31.0 Å². The first-order valence-electron chi connectivity index (χ1n) is 10.00. The maximum absolute atomic E-state index is 13.6. The van der Waals surface area contributed by atoms with E-state index in [-0.39, 0.29) is 11.3 Å². The lowest BCUT2D eigenvalue weighted by molar-refractivity contribution is 0.0939. The van der Waals surface area contributed by atoms with Crippen molar-refractivity contribution in [3.8, 4) is 17.0 Å². The van der Waals surface area contributed by atoms with Crippen LogP contribution in [0.15, 0.2) is 78.9 Å². The maximum Gasteiger partial charge on any atom is 0.433 e. The molecule has 1 aromatic heterocycles. The summed E-state index contributed by atoms with van der Waals surface area (Å²) in [5, 5.41) is 1.53. The van der Waals surface area contributed by atoms with Crippen LogP contribution in [-0.2, 0) is 4.74 Å². The largest absolute Gasteiger partial charge is 0.494 e. The predicted octanol–water partition coefficient (Wildman–Crippen LogP) is 4.97. The highest BCUT2D eigenvalue weighted by Crippen LogP contribution is 2.36. The fourth-order valence-electron chi connectivity index (χ4n) is 3.46. The van der Waals surface area contributed by atoms with E-state index in [9.17, 15) is 14.0 Å². The molecule has 0 radical (unpaired) electrons. The molecule has 0 saturated heterocycles. The van der Waals surface area contributed by atoms with Crippen molar-refractivity contribution < 1.29 is 23.5 Å². The van der Waals surface area contributed by atoms with Gasteiger partial charge in [-0.3, -0.25) is 10.2 Å². The molecule has 0 aliphatic carbocycles. The zero-order valence-corrected chi connectivity index (χ0v) is 17.9. The number of benzene rings is 3. The summed E-state index contributed by atoms with van der Waals surface area (Å²) in [7, 11) is 2.64. The number of anilines is 1. The number of para-hydroxylation sites is 2. The fourth-order valence-corrected chi connectivity index (χ4v) is 3.46. The van der Waals surface area contributed by atoms with Crippen LogP contribution in [0.1, 0.15) is 10.4 Å². The molecule has 1 N–H and O–H groups in total. The molecule has 166 valence electrons. The van der Waals surface area contributed by atoms with Gasteiger partial charge in [-0.1, -0.05) is 36.4 Å². The molecule has 2 amide bonds. The highest BCUT2D eigenvalue weighted by Gasteiger charge is 2.26. The number of carbonyl (C=O) groups is 2. The van der Waals surface area contributed by atoms with E-state index in [1.807, 2.05) is 0 Å². The van der Waals surface area contributed by atoms with Crippen LogP contribution in [0.5, 0.6) is 5.75 Å². The Hall–Kier alpha value is -4.46. The summed E-state index contributed by atoms with van der Waals surface area (Å²) in [6, 6.07) is 21.3. The summed E-state index contributed by atoms with van der Waals surface area (Å²) in [5.41, 5.74) is 4.66. The van der Waals surface area contributed by atoms with Gasteiger partial charge in [-0.2, -0.15) is 5.01 Å². The smallest absolute Gasteiger partial charge is 0.433 e. The Morgan fingerprint density at radius 1 is 0.909 bits per heavy atom. The number of halogens is 1. The number of nitrogens with zero attached hydrogens (tertiary/aromatic N) is 2. The van der Waals surface area contributed by atoms with Gasteiger partial charge in [0.2, 0.25) is 0 Å². The van der Waals surface area contributed by atoms with Crippen LogP contribution in [0.3, 0.4) is 0 Å². The molecule has 0 atom stereocenters. The van der Waals surface area contributed by atoms with Crippen LogP contribution >= 0.6 is 0 Å². The lowest BCUT2D eigenvalue weighted by Crippen LogP contribution is -2.46. The molecule has 0 spiro atoms. The van der Waals surface area contributed by atoms with Gasteiger partial charge in [0.25, 0.3) is 5.91 Å². The molecule has 3 aromatic carbocycles. The molecular weight excluding hydrogens is 425 g/mol. The molecule has 0 fully saturated rings. The third-order valence-corrected chi connectivity index (χ3v) is 4.98. The average Bonchev–Trinajstić information content (AvgIpc) is 2.86. The predicted molar refractivity (Wildman–Crippen MR) is 122 cm³/mol. The molecule has 33 heavy (non-hydrogen) atoms. The Bertz CT molecular complexity index is 1310. The minimum Gasteiger partial charge on any atom is -0.494 e. The minimum atomic E-state index is -0.773. The number of hydrogen-bond donors (Lipinski definition) is 1. The molecule has 4 aromatic rings. The third-order valence-electron chi connectivity index (χ3n) is 4.98. The van der Waals surface area contributed by atoms with Crippen LogP contribution < -0.4 is 15.2 Å². The molecule has 4 rings (SSSR count). The molecule has 1 heterocycles. The first kappa shape index (κ1) is 21.8. The first-order chi connectivity index (χ1) is 16.0. The molecular formula is C25H20FN3O4. The summed E-state index contributed by atoms with van der Waals surface area (Å²) in [5.74, 6) is -0.813. The molecule has 0 unspecified atom stereocenters. The first-order valence-corrected chi connectivity index (χ1v) is 10.00. The van der Waals surface area contributed by atoms with Gasteiger partial charge in [0.1, 0.15) is 11.5 Å². The normalized spacial score (nSPS) is 10.5. The number of nitrogens with one attached hydrogen (secondary N) is 1. The lowest BCUT2D eigenvalue weighted by Gasteiger charge is -2.23. The van der Waals surface area contributed by atoms with Gasteiger partial charge in [0.15, 0.2) is 5.75 Å². The monoisotopic (exact) mass is 445 g/mol. The third kappa shape index (κ3) is 4.31. The van der Waals surface area contributed by atoms with Crippen molar-refractivity contribution in [2.24, 2.45) is 0 Å². The molecule has 0 saturated carbocycles. The lowest BCUT2D eigenvalue weighted by atomic mass is 10.0. The number of carbonyl (C=O) groups excluding carboxylic acids is 2. The van der Waals surface area contributed by atoms with Crippen LogP contribution in [-0.4, -0.2) is 31.2 Å². The highest BCUT2D eigenvalue weighted by atomic mass is 19.1.